The van der Waals surface area contributed by atoms with Gasteiger partial charge in [-0.1, -0.05) is 13.0 Å². The number of anilines is 1. The molecule has 2 aromatic carbocycles. The van der Waals surface area contributed by atoms with E-state index in [1.807, 2.05) is 6.92 Å². The molecule has 0 spiro atoms. The van der Waals surface area contributed by atoms with Gasteiger partial charge in [-0.15, -0.1) is 0 Å². The number of carbonyl (C=O) groups excluding carboxylic acids is 1. The second-order valence-corrected chi connectivity index (χ2v) is 5.92. The van der Waals surface area contributed by atoms with Crippen molar-refractivity contribution in [3.8, 4) is 17.0 Å². The Labute approximate surface area is 154 Å². The van der Waals surface area contributed by atoms with Gasteiger partial charge in [0.25, 0.3) is 0 Å². The van der Waals surface area contributed by atoms with Crippen LogP contribution in [0.5, 0.6) is 5.75 Å². The second-order valence-electron chi connectivity index (χ2n) is 5.92. The van der Waals surface area contributed by atoms with Crippen molar-refractivity contribution in [3.05, 3.63) is 71.6 Å². The summed E-state index contributed by atoms with van der Waals surface area (Å²) in [6.07, 6.45) is 1.96. The van der Waals surface area contributed by atoms with E-state index < -0.39 is 17.5 Å². The number of halogens is 2. The van der Waals surface area contributed by atoms with Gasteiger partial charge in [-0.25, -0.2) is 18.7 Å². The number of aromatic hydroxyl groups is 1. The molecule has 138 valence electrons. The van der Waals surface area contributed by atoms with E-state index >= 15 is 0 Å². The summed E-state index contributed by atoms with van der Waals surface area (Å²) in [7, 11) is 0. The Balaban J connectivity index is 1.76. The highest BCUT2D eigenvalue weighted by molar-refractivity contribution is 5.91. The minimum absolute atomic E-state index is 0.109. The average molecular weight is 369 g/mol. The number of phenolic OH excluding ortho intramolecular Hbond substituents is 1. The molecule has 0 atom stereocenters. The van der Waals surface area contributed by atoms with Crippen molar-refractivity contribution in [3.63, 3.8) is 0 Å². The third-order valence-electron chi connectivity index (χ3n) is 3.95. The number of amides is 1. The van der Waals surface area contributed by atoms with E-state index in [-0.39, 0.29) is 12.2 Å². The Kier molecular flexibility index (Phi) is 5.40. The molecule has 1 amide bonds. The summed E-state index contributed by atoms with van der Waals surface area (Å²) >= 11 is 0. The molecule has 0 unspecified atom stereocenters. The lowest BCUT2D eigenvalue weighted by Crippen LogP contribution is -2.17. The SMILES string of the molecule is CCc1nc(-c2ccc(O)cc2)cnc1NC(=O)Cc1ccc(F)c(F)c1. The van der Waals surface area contributed by atoms with Gasteiger partial charge in [-0.3, -0.25) is 4.79 Å². The first-order valence-corrected chi connectivity index (χ1v) is 8.35. The van der Waals surface area contributed by atoms with Gasteiger partial charge >= 0.3 is 0 Å². The maximum Gasteiger partial charge on any atom is 0.229 e. The van der Waals surface area contributed by atoms with Gasteiger partial charge in [-0.2, -0.15) is 0 Å². The molecule has 3 rings (SSSR count). The van der Waals surface area contributed by atoms with Crippen LogP contribution in [-0.2, 0) is 17.6 Å². The van der Waals surface area contributed by atoms with E-state index in [9.17, 15) is 18.7 Å². The van der Waals surface area contributed by atoms with Crippen LogP contribution in [0.4, 0.5) is 14.6 Å². The molecule has 0 saturated heterocycles. The van der Waals surface area contributed by atoms with Crippen LogP contribution < -0.4 is 5.32 Å². The number of nitrogens with one attached hydrogen (secondary N) is 1. The van der Waals surface area contributed by atoms with Gasteiger partial charge in [-0.05, 0) is 48.4 Å². The highest BCUT2D eigenvalue weighted by Crippen LogP contribution is 2.22. The number of hydrogen-bond donors (Lipinski definition) is 2. The van der Waals surface area contributed by atoms with Crippen LogP contribution in [0.1, 0.15) is 18.2 Å². The van der Waals surface area contributed by atoms with E-state index in [1.165, 1.54) is 12.3 Å². The van der Waals surface area contributed by atoms with Crippen LogP contribution in [0, 0.1) is 11.6 Å². The van der Waals surface area contributed by atoms with Crippen LogP contribution in [0.25, 0.3) is 11.3 Å². The molecular weight excluding hydrogens is 352 g/mol. The highest BCUT2D eigenvalue weighted by atomic mass is 19.2. The van der Waals surface area contributed by atoms with E-state index in [4.69, 9.17) is 0 Å². The summed E-state index contributed by atoms with van der Waals surface area (Å²) in [6, 6.07) is 9.90. The Morgan fingerprint density at radius 2 is 1.85 bits per heavy atom. The lowest BCUT2D eigenvalue weighted by molar-refractivity contribution is -0.115. The number of hydrogen-bond acceptors (Lipinski definition) is 4. The van der Waals surface area contributed by atoms with Gasteiger partial charge < -0.3 is 10.4 Å². The minimum atomic E-state index is -0.993. The van der Waals surface area contributed by atoms with E-state index in [2.05, 4.69) is 15.3 Å². The summed E-state index contributed by atoms with van der Waals surface area (Å²) in [4.78, 5) is 21.0. The van der Waals surface area contributed by atoms with Crippen molar-refractivity contribution in [2.45, 2.75) is 19.8 Å². The molecule has 0 aliphatic rings. The summed E-state index contributed by atoms with van der Waals surface area (Å²) in [6.45, 7) is 1.88. The summed E-state index contributed by atoms with van der Waals surface area (Å²) in [5.74, 6) is -1.87. The van der Waals surface area contributed by atoms with Crippen LogP contribution in [0.3, 0.4) is 0 Å². The molecule has 3 aromatic rings. The van der Waals surface area contributed by atoms with Crippen LogP contribution in [-0.4, -0.2) is 21.0 Å². The monoisotopic (exact) mass is 369 g/mol. The first-order chi connectivity index (χ1) is 13.0. The first-order valence-electron chi connectivity index (χ1n) is 8.35. The van der Waals surface area contributed by atoms with E-state index in [0.29, 0.717) is 29.2 Å². The largest absolute Gasteiger partial charge is 0.508 e. The fraction of sp³-hybridized carbons (Fsp3) is 0.150. The molecular formula is C20H17F2N3O2. The number of aromatic nitrogens is 2. The molecule has 1 heterocycles. The predicted octanol–water partition coefficient (Wildman–Crippen LogP) is 3.87. The predicted molar refractivity (Wildman–Crippen MR) is 97.2 cm³/mol. The van der Waals surface area contributed by atoms with E-state index in [0.717, 1.165) is 17.7 Å². The summed E-state index contributed by atoms with van der Waals surface area (Å²) < 4.78 is 26.2. The Bertz CT molecular complexity index is 975. The number of nitrogens with zero attached hydrogens (tertiary/aromatic N) is 2. The first kappa shape index (κ1) is 18.4. The Morgan fingerprint density at radius 1 is 1.11 bits per heavy atom. The highest BCUT2D eigenvalue weighted by Gasteiger charge is 2.12. The molecule has 1 aromatic heterocycles. The second kappa shape index (κ2) is 7.90. The topological polar surface area (TPSA) is 75.1 Å². The normalized spacial score (nSPS) is 10.6. The maximum absolute atomic E-state index is 13.3. The fourth-order valence-corrected chi connectivity index (χ4v) is 2.56. The molecule has 5 nitrogen and oxygen atoms in total. The molecule has 0 saturated carbocycles. The van der Waals surface area contributed by atoms with Crippen molar-refractivity contribution >= 4 is 11.7 Å². The summed E-state index contributed by atoms with van der Waals surface area (Å²) in [5.41, 5.74) is 2.36. The zero-order valence-corrected chi connectivity index (χ0v) is 14.5. The van der Waals surface area contributed by atoms with Gasteiger partial charge in [0.15, 0.2) is 17.5 Å². The number of rotatable bonds is 5. The molecule has 27 heavy (non-hydrogen) atoms. The van der Waals surface area contributed by atoms with Crippen molar-refractivity contribution in [2.75, 3.05) is 5.32 Å². The zero-order chi connectivity index (χ0) is 19.4. The third-order valence-corrected chi connectivity index (χ3v) is 3.95. The van der Waals surface area contributed by atoms with Gasteiger partial charge in [0.05, 0.1) is 24.0 Å². The standard InChI is InChI=1S/C20H17F2N3O2/c1-2-17-20(23-11-18(24-17)13-4-6-14(26)7-5-13)25-19(27)10-12-3-8-15(21)16(22)9-12/h3-9,11,26H,2,10H2,1H3,(H,23,25,27). The average Bonchev–Trinajstić information content (AvgIpc) is 2.65. The van der Waals surface area contributed by atoms with Crippen LogP contribution >= 0.6 is 0 Å². The molecule has 2 N–H and O–H groups in total. The van der Waals surface area contributed by atoms with Gasteiger partial charge in [0, 0.05) is 5.56 Å². The fourth-order valence-electron chi connectivity index (χ4n) is 2.56. The molecule has 7 heteroatoms. The molecule has 0 aliphatic heterocycles. The quantitative estimate of drug-likeness (QED) is 0.716. The number of phenols is 1. The Morgan fingerprint density at radius 3 is 2.52 bits per heavy atom. The molecule has 0 radical (unpaired) electrons. The zero-order valence-electron chi connectivity index (χ0n) is 14.5. The van der Waals surface area contributed by atoms with Gasteiger partial charge in [0.2, 0.25) is 5.91 Å². The van der Waals surface area contributed by atoms with Crippen molar-refractivity contribution in [1.29, 1.82) is 0 Å². The lowest BCUT2D eigenvalue weighted by Gasteiger charge is -2.10. The third kappa shape index (κ3) is 4.44. The number of aryl methyl sites for hydroxylation is 1. The minimum Gasteiger partial charge on any atom is -0.508 e. The lowest BCUT2D eigenvalue weighted by atomic mass is 10.1. The molecule has 0 fully saturated rings. The van der Waals surface area contributed by atoms with Crippen molar-refractivity contribution < 1.29 is 18.7 Å². The van der Waals surface area contributed by atoms with Crippen molar-refractivity contribution in [1.82, 2.24) is 9.97 Å². The van der Waals surface area contributed by atoms with Crippen LogP contribution in [0.2, 0.25) is 0 Å². The summed E-state index contributed by atoms with van der Waals surface area (Å²) in [5, 5.41) is 12.0. The van der Waals surface area contributed by atoms with E-state index in [1.54, 1.807) is 24.3 Å². The molecule has 0 aliphatic carbocycles. The van der Waals surface area contributed by atoms with Crippen LogP contribution in [0.15, 0.2) is 48.7 Å². The smallest absolute Gasteiger partial charge is 0.229 e. The molecule has 0 bridgehead atoms. The number of benzene rings is 2. The Hall–Kier alpha value is -3.35. The van der Waals surface area contributed by atoms with Crippen molar-refractivity contribution in [2.24, 2.45) is 0 Å². The van der Waals surface area contributed by atoms with Gasteiger partial charge in [0.1, 0.15) is 5.75 Å². The maximum atomic E-state index is 13.3. The number of carbonyl (C=O) groups is 1.